The van der Waals surface area contributed by atoms with Gasteiger partial charge in [0.2, 0.25) is 0 Å². The first-order valence-corrected chi connectivity index (χ1v) is 6.16. The number of aromatic nitrogens is 1. The monoisotopic (exact) mass is 236 g/mol. The number of hydrogen-bond acceptors (Lipinski definition) is 2. The van der Waals surface area contributed by atoms with Crippen LogP contribution in [0.15, 0.2) is 18.3 Å². The second kappa shape index (κ2) is 4.92. The Bertz CT molecular complexity index is 400. The van der Waals surface area contributed by atoms with Gasteiger partial charge < -0.3 is 14.6 Å². The number of amides is 1. The van der Waals surface area contributed by atoms with Crippen LogP contribution in [0.25, 0.3) is 0 Å². The van der Waals surface area contributed by atoms with Gasteiger partial charge in [-0.25, -0.2) is 0 Å². The van der Waals surface area contributed by atoms with Gasteiger partial charge in [0.05, 0.1) is 0 Å². The lowest BCUT2D eigenvalue weighted by Gasteiger charge is -2.37. The molecule has 1 amide bonds. The summed E-state index contributed by atoms with van der Waals surface area (Å²) < 4.78 is 1.84. The number of nitrogens with zero attached hydrogens (tertiary/aromatic N) is 2. The lowest BCUT2D eigenvalue weighted by atomic mass is 9.94. The maximum absolute atomic E-state index is 12.4. The minimum atomic E-state index is 0.0724. The zero-order valence-electron chi connectivity index (χ0n) is 10.5. The molecule has 4 heteroatoms. The zero-order chi connectivity index (χ0) is 12.4. The molecule has 1 aliphatic rings. The smallest absolute Gasteiger partial charge is 0.270 e. The summed E-state index contributed by atoms with van der Waals surface area (Å²) >= 11 is 0. The minimum Gasteiger partial charge on any atom is -0.396 e. The average Bonchev–Trinajstić information content (AvgIpc) is 2.75. The Hall–Kier alpha value is -1.29. The summed E-state index contributed by atoms with van der Waals surface area (Å²) in [5, 5.41) is 9.22. The van der Waals surface area contributed by atoms with E-state index < -0.39 is 0 Å². The van der Waals surface area contributed by atoms with Gasteiger partial charge in [-0.15, -0.1) is 0 Å². The highest BCUT2D eigenvalue weighted by Crippen LogP contribution is 2.23. The van der Waals surface area contributed by atoms with Crippen LogP contribution in [0.3, 0.4) is 0 Å². The molecule has 1 fully saturated rings. The van der Waals surface area contributed by atoms with E-state index in [0.29, 0.717) is 6.54 Å². The van der Waals surface area contributed by atoms with Crippen molar-refractivity contribution in [3.05, 3.63) is 24.0 Å². The third-order valence-corrected chi connectivity index (χ3v) is 3.66. The molecule has 4 nitrogen and oxygen atoms in total. The van der Waals surface area contributed by atoms with Crippen LogP contribution in [-0.4, -0.2) is 39.7 Å². The van der Waals surface area contributed by atoms with E-state index in [2.05, 4.69) is 6.92 Å². The molecule has 1 aromatic rings. The highest BCUT2D eigenvalue weighted by atomic mass is 16.3. The van der Waals surface area contributed by atoms with Gasteiger partial charge in [-0.3, -0.25) is 4.79 Å². The molecule has 0 radical (unpaired) electrons. The van der Waals surface area contributed by atoms with Crippen LogP contribution in [0.1, 0.15) is 30.3 Å². The van der Waals surface area contributed by atoms with Crippen molar-refractivity contribution in [1.82, 2.24) is 9.47 Å². The third kappa shape index (κ3) is 2.36. The van der Waals surface area contributed by atoms with Crippen LogP contribution in [0, 0.1) is 5.92 Å². The first-order valence-electron chi connectivity index (χ1n) is 6.16. The molecule has 0 aliphatic carbocycles. The molecule has 2 heterocycles. The molecule has 0 spiro atoms. The van der Waals surface area contributed by atoms with Gasteiger partial charge in [0.1, 0.15) is 5.69 Å². The molecule has 94 valence electrons. The first kappa shape index (κ1) is 12.2. The fourth-order valence-corrected chi connectivity index (χ4v) is 2.44. The zero-order valence-corrected chi connectivity index (χ0v) is 10.5. The molecule has 0 bridgehead atoms. The second-order valence-corrected chi connectivity index (χ2v) is 4.94. The van der Waals surface area contributed by atoms with E-state index in [1.54, 1.807) is 0 Å². The summed E-state index contributed by atoms with van der Waals surface area (Å²) in [5.74, 6) is 0.304. The van der Waals surface area contributed by atoms with Gasteiger partial charge in [0.15, 0.2) is 0 Å². The number of likely N-dealkylation sites (tertiary alicyclic amines) is 1. The average molecular weight is 236 g/mol. The molecule has 0 saturated carbocycles. The van der Waals surface area contributed by atoms with Crippen molar-refractivity contribution in [3.8, 4) is 0 Å². The lowest BCUT2D eigenvalue weighted by molar-refractivity contribution is 0.0480. The number of rotatable bonds is 2. The molecule has 1 aliphatic heterocycles. The van der Waals surface area contributed by atoms with Crippen molar-refractivity contribution < 1.29 is 9.90 Å². The Morgan fingerprint density at radius 1 is 1.53 bits per heavy atom. The summed E-state index contributed by atoms with van der Waals surface area (Å²) in [6, 6.07) is 3.99. The molecule has 1 saturated heterocycles. The van der Waals surface area contributed by atoms with Crippen molar-refractivity contribution in [1.29, 1.82) is 0 Å². The number of aryl methyl sites for hydroxylation is 1. The number of piperidine rings is 1. The van der Waals surface area contributed by atoms with Gasteiger partial charge in [0.25, 0.3) is 5.91 Å². The molecule has 1 N–H and O–H groups in total. The Balaban J connectivity index is 2.15. The molecule has 0 aromatic carbocycles. The number of aliphatic hydroxyl groups excluding tert-OH is 1. The van der Waals surface area contributed by atoms with Crippen molar-refractivity contribution in [3.63, 3.8) is 0 Å². The van der Waals surface area contributed by atoms with E-state index in [0.717, 1.165) is 18.5 Å². The molecule has 2 atom stereocenters. The third-order valence-electron chi connectivity index (χ3n) is 3.66. The number of aliphatic hydroxyl groups is 1. The van der Waals surface area contributed by atoms with Crippen molar-refractivity contribution in [2.45, 2.75) is 25.8 Å². The van der Waals surface area contributed by atoms with Gasteiger partial charge in [-0.05, 0) is 37.8 Å². The minimum absolute atomic E-state index is 0.0724. The standard InChI is InChI=1S/C13H20N2O2/c1-10-5-6-11(9-16)8-15(10)13(17)12-4-3-7-14(12)2/h3-4,7,10-11,16H,5-6,8-9H2,1-2H3. The van der Waals surface area contributed by atoms with Crippen molar-refractivity contribution >= 4 is 5.91 Å². The maximum atomic E-state index is 12.4. The highest BCUT2D eigenvalue weighted by Gasteiger charge is 2.29. The summed E-state index contributed by atoms with van der Waals surface area (Å²) in [6.07, 6.45) is 3.86. The molecular weight excluding hydrogens is 216 g/mol. The molecule has 17 heavy (non-hydrogen) atoms. The summed E-state index contributed by atoms with van der Waals surface area (Å²) in [6.45, 7) is 2.92. The van der Waals surface area contributed by atoms with E-state index in [-0.39, 0.29) is 24.5 Å². The molecular formula is C13H20N2O2. The van der Waals surface area contributed by atoms with Gasteiger partial charge in [-0.1, -0.05) is 0 Å². The van der Waals surface area contributed by atoms with Crippen molar-refractivity contribution in [2.24, 2.45) is 13.0 Å². The molecule has 2 rings (SSSR count). The second-order valence-electron chi connectivity index (χ2n) is 4.94. The van der Waals surface area contributed by atoms with Crippen LogP contribution >= 0.6 is 0 Å². The Morgan fingerprint density at radius 2 is 2.29 bits per heavy atom. The van der Waals surface area contributed by atoms with Crippen molar-refractivity contribution in [2.75, 3.05) is 13.2 Å². The Labute approximate surface area is 102 Å². The predicted octanol–water partition coefficient (Wildman–Crippen LogP) is 1.26. The molecule has 1 aromatic heterocycles. The van der Waals surface area contributed by atoms with Crippen LogP contribution in [-0.2, 0) is 7.05 Å². The number of carbonyl (C=O) groups excluding carboxylic acids is 1. The quantitative estimate of drug-likeness (QED) is 0.840. The normalized spacial score (nSPS) is 25.0. The van der Waals surface area contributed by atoms with Crippen LogP contribution in [0.4, 0.5) is 0 Å². The topological polar surface area (TPSA) is 45.5 Å². The predicted molar refractivity (Wildman–Crippen MR) is 65.7 cm³/mol. The van der Waals surface area contributed by atoms with Gasteiger partial charge in [0, 0.05) is 32.4 Å². The SMILES string of the molecule is CC1CCC(CO)CN1C(=O)c1cccn1C. The Morgan fingerprint density at radius 3 is 2.88 bits per heavy atom. The largest absolute Gasteiger partial charge is 0.396 e. The highest BCUT2D eigenvalue weighted by molar-refractivity contribution is 5.93. The van der Waals surface area contributed by atoms with Crippen LogP contribution in [0.2, 0.25) is 0 Å². The van der Waals surface area contributed by atoms with Crippen LogP contribution < -0.4 is 0 Å². The van der Waals surface area contributed by atoms with E-state index in [9.17, 15) is 9.90 Å². The van der Waals surface area contributed by atoms with Gasteiger partial charge in [-0.2, -0.15) is 0 Å². The number of carbonyl (C=O) groups is 1. The summed E-state index contributed by atoms with van der Waals surface area (Å²) in [7, 11) is 1.88. The molecule has 2 unspecified atom stereocenters. The van der Waals surface area contributed by atoms with Gasteiger partial charge >= 0.3 is 0 Å². The lowest BCUT2D eigenvalue weighted by Crippen LogP contribution is -2.46. The fourth-order valence-electron chi connectivity index (χ4n) is 2.44. The van der Waals surface area contributed by atoms with E-state index in [1.165, 1.54) is 0 Å². The van der Waals surface area contributed by atoms with E-state index in [1.807, 2.05) is 34.8 Å². The summed E-state index contributed by atoms with van der Waals surface area (Å²) in [4.78, 5) is 14.3. The van der Waals surface area contributed by atoms with E-state index >= 15 is 0 Å². The fraction of sp³-hybridized carbons (Fsp3) is 0.615. The van der Waals surface area contributed by atoms with Crippen LogP contribution in [0.5, 0.6) is 0 Å². The maximum Gasteiger partial charge on any atom is 0.270 e. The van der Waals surface area contributed by atoms with E-state index in [4.69, 9.17) is 0 Å². The Kier molecular flexibility index (Phi) is 3.52. The first-order chi connectivity index (χ1) is 8.13. The summed E-state index contributed by atoms with van der Waals surface area (Å²) in [5.41, 5.74) is 0.718. The number of hydrogen-bond donors (Lipinski definition) is 1.